The van der Waals surface area contributed by atoms with Gasteiger partial charge in [-0.2, -0.15) is 0 Å². The van der Waals surface area contributed by atoms with Crippen LogP contribution in [0.2, 0.25) is 0 Å². The van der Waals surface area contributed by atoms with E-state index in [-0.39, 0.29) is 16.7 Å². The molecule has 1 aliphatic heterocycles. The van der Waals surface area contributed by atoms with Crippen LogP contribution in [0, 0.1) is 0 Å². The van der Waals surface area contributed by atoms with E-state index >= 15 is 0 Å². The van der Waals surface area contributed by atoms with E-state index in [4.69, 9.17) is 15.6 Å². The lowest BCUT2D eigenvalue weighted by molar-refractivity contribution is 0.116. The number of nitrogens with zero attached hydrogens (tertiary/aromatic N) is 1. The second-order valence-corrected chi connectivity index (χ2v) is 6.28. The lowest BCUT2D eigenvalue weighted by Crippen LogP contribution is -2.29. The molecule has 1 aromatic carbocycles. The molecule has 1 unspecified atom stereocenters. The van der Waals surface area contributed by atoms with E-state index in [1.165, 1.54) is 6.07 Å². The summed E-state index contributed by atoms with van der Waals surface area (Å²) in [4.78, 5) is 1.86. The first kappa shape index (κ1) is 14.1. The van der Waals surface area contributed by atoms with Crippen LogP contribution in [-0.4, -0.2) is 34.7 Å². The van der Waals surface area contributed by atoms with Crippen molar-refractivity contribution in [2.24, 2.45) is 5.14 Å². The highest BCUT2D eigenvalue weighted by molar-refractivity contribution is 7.89. The third-order valence-electron chi connectivity index (χ3n) is 3.26. The van der Waals surface area contributed by atoms with E-state index in [0.29, 0.717) is 12.2 Å². The highest BCUT2D eigenvalue weighted by Crippen LogP contribution is 2.29. The number of rotatable bonds is 4. The molecule has 0 saturated carbocycles. The van der Waals surface area contributed by atoms with Crippen LogP contribution in [-0.2, 0) is 14.8 Å². The van der Waals surface area contributed by atoms with E-state index in [1.807, 2.05) is 11.9 Å². The number of para-hydroxylation sites is 1. The first-order valence-electron chi connectivity index (χ1n) is 6.13. The molecule has 19 heavy (non-hydrogen) atoms. The maximum atomic E-state index is 11.4. The Bertz CT molecular complexity index is 553. The zero-order chi connectivity index (χ0) is 14.0. The third kappa shape index (κ3) is 3.17. The number of anilines is 2. The van der Waals surface area contributed by atoms with Crippen molar-refractivity contribution in [2.75, 3.05) is 30.8 Å². The summed E-state index contributed by atoms with van der Waals surface area (Å²) in [7, 11) is -1.94. The van der Waals surface area contributed by atoms with E-state index in [0.717, 1.165) is 19.4 Å². The first-order chi connectivity index (χ1) is 8.89. The number of nitrogens with two attached hydrogens (primary N) is 2. The van der Waals surface area contributed by atoms with Gasteiger partial charge in [0.25, 0.3) is 0 Å². The van der Waals surface area contributed by atoms with Gasteiger partial charge in [-0.15, -0.1) is 0 Å². The molecule has 4 N–H and O–H groups in total. The Balaban J connectivity index is 2.24. The summed E-state index contributed by atoms with van der Waals surface area (Å²) in [5, 5.41) is 5.14. The molecule has 6 nitrogen and oxygen atoms in total. The topological polar surface area (TPSA) is 98.6 Å². The number of benzene rings is 1. The summed E-state index contributed by atoms with van der Waals surface area (Å²) in [5.74, 6) is 0. The minimum atomic E-state index is -3.80. The molecule has 1 aliphatic rings. The molecular formula is C12H19N3O3S. The Morgan fingerprint density at radius 3 is 2.79 bits per heavy atom. The second-order valence-electron chi connectivity index (χ2n) is 4.75. The molecule has 1 saturated heterocycles. The van der Waals surface area contributed by atoms with Crippen molar-refractivity contribution in [1.29, 1.82) is 0 Å². The van der Waals surface area contributed by atoms with Crippen LogP contribution in [0.5, 0.6) is 0 Å². The van der Waals surface area contributed by atoms with Gasteiger partial charge in [-0.3, -0.25) is 0 Å². The molecule has 0 amide bonds. The minimum absolute atomic E-state index is 0.0378. The Labute approximate surface area is 113 Å². The van der Waals surface area contributed by atoms with Gasteiger partial charge in [0.1, 0.15) is 4.90 Å². The maximum Gasteiger partial charge on any atom is 0.240 e. The fraction of sp³-hybridized carbons (Fsp3) is 0.500. The Morgan fingerprint density at radius 2 is 2.21 bits per heavy atom. The van der Waals surface area contributed by atoms with Crippen LogP contribution >= 0.6 is 0 Å². The third-order valence-corrected chi connectivity index (χ3v) is 4.23. The van der Waals surface area contributed by atoms with Crippen LogP contribution in [0.15, 0.2) is 23.1 Å². The van der Waals surface area contributed by atoms with Crippen molar-refractivity contribution in [3.63, 3.8) is 0 Å². The van der Waals surface area contributed by atoms with Gasteiger partial charge in [0.05, 0.1) is 17.5 Å². The van der Waals surface area contributed by atoms with Crippen LogP contribution in [0.4, 0.5) is 11.4 Å². The Kier molecular flexibility index (Phi) is 3.98. The summed E-state index contributed by atoms with van der Waals surface area (Å²) >= 11 is 0. The zero-order valence-electron chi connectivity index (χ0n) is 10.9. The number of ether oxygens (including phenoxy) is 1. The van der Waals surface area contributed by atoms with Crippen LogP contribution < -0.4 is 15.8 Å². The summed E-state index contributed by atoms with van der Waals surface area (Å²) in [6.07, 6.45) is 2.24. The summed E-state index contributed by atoms with van der Waals surface area (Å²) < 4.78 is 28.4. The maximum absolute atomic E-state index is 11.4. The van der Waals surface area contributed by atoms with Crippen LogP contribution in [0.3, 0.4) is 0 Å². The largest absolute Gasteiger partial charge is 0.396 e. The lowest BCUT2D eigenvalue weighted by atomic mass is 10.2. The Morgan fingerprint density at radius 1 is 1.47 bits per heavy atom. The number of hydrogen-bond donors (Lipinski definition) is 2. The summed E-state index contributed by atoms with van der Waals surface area (Å²) in [5.41, 5.74) is 6.74. The van der Waals surface area contributed by atoms with Crippen molar-refractivity contribution in [3.8, 4) is 0 Å². The first-order valence-corrected chi connectivity index (χ1v) is 7.68. The van der Waals surface area contributed by atoms with Crippen molar-refractivity contribution in [1.82, 2.24) is 0 Å². The molecule has 0 aromatic heterocycles. The van der Waals surface area contributed by atoms with E-state index in [1.54, 1.807) is 12.1 Å². The van der Waals surface area contributed by atoms with Crippen molar-refractivity contribution in [2.45, 2.75) is 23.8 Å². The monoisotopic (exact) mass is 285 g/mol. The average Bonchev–Trinajstić information content (AvgIpc) is 2.80. The van der Waals surface area contributed by atoms with Gasteiger partial charge in [-0.05, 0) is 25.0 Å². The highest BCUT2D eigenvalue weighted by atomic mass is 32.2. The van der Waals surface area contributed by atoms with Gasteiger partial charge in [0, 0.05) is 20.2 Å². The van der Waals surface area contributed by atoms with Crippen molar-refractivity contribution < 1.29 is 13.2 Å². The predicted molar refractivity (Wildman–Crippen MR) is 74.5 cm³/mol. The number of likely N-dealkylation sites (N-methyl/N-ethyl adjacent to an activating group) is 1. The number of nitrogen functional groups attached to an aromatic ring is 1. The molecule has 1 atom stereocenters. The molecule has 2 rings (SSSR count). The molecule has 0 bridgehead atoms. The Hall–Kier alpha value is -1.31. The molecule has 0 spiro atoms. The zero-order valence-corrected chi connectivity index (χ0v) is 11.7. The molecule has 0 radical (unpaired) electrons. The smallest absolute Gasteiger partial charge is 0.240 e. The van der Waals surface area contributed by atoms with Crippen LogP contribution in [0.1, 0.15) is 12.8 Å². The molecule has 106 valence electrons. The lowest BCUT2D eigenvalue weighted by Gasteiger charge is -2.24. The molecule has 1 fully saturated rings. The van der Waals surface area contributed by atoms with Gasteiger partial charge in [-0.25, -0.2) is 13.6 Å². The number of primary sulfonamides is 1. The molecule has 0 aliphatic carbocycles. The van der Waals surface area contributed by atoms with E-state index in [9.17, 15) is 8.42 Å². The predicted octanol–water partition coefficient (Wildman–Crippen LogP) is 0.531. The summed E-state index contributed by atoms with van der Waals surface area (Å²) in [6.45, 7) is 1.46. The number of sulfonamides is 1. The van der Waals surface area contributed by atoms with Gasteiger partial charge in [0.15, 0.2) is 0 Å². The van der Waals surface area contributed by atoms with Gasteiger partial charge in [-0.1, -0.05) is 6.07 Å². The standard InChI is InChI=1S/C12H19N3O3S/c1-15(8-9-4-3-7-18-9)10-5-2-6-11(12(10)13)19(14,16)17/h2,5-6,9H,3-4,7-8,13H2,1H3,(H2,14,16,17). The normalized spacial score (nSPS) is 19.6. The quantitative estimate of drug-likeness (QED) is 0.786. The molecule has 1 aromatic rings. The van der Waals surface area contributed by atoms with Gasteiger partial charge >= 0.3 is 0 Å². The fourth-order valence-corrected chi connectivity index (χ4v) is 2.98. The van der Waals surface area contributed by atoms with Crippen molar-refractivity contribution in [3.05, 3.63) is 18.2 Å². The minimum Gasteiger partial charge on any atom is -0.396 e. The van der Waals surface area contributed by atoms with E-state index in [2.05, 4.69) is 0 Å². The fourth-order valence-electron chi connectivity index (χ4n) is 2.31. The highest BCUT2D eigenvalue weighted by Gasteiger charge is 2.21. The molecule has 7 heteroatoms. The SMILES string of the molecule is CN(CC1CCCO1)c1cccc(S(N)(=O)=O)c1N. The number of hydrogen-bond acceptors (Lipinski definition) is 5. The van der Waals surface area contributed by atoms with Gasteiger partial charge < -0.3 is 15.4 Å². The van der Waals surface area contributed by atoms with Gasteiger partial charge in [0.2, 0.25) is 10.0 Å². The summed E-state index contributed by atoms with van der Waals surface area (Å²) in [6, 6.07) is 4.82. The molecule has 1 heterocycles. The van der Waals surface area contributed by atoms with Crippen LogP contribution in [0.25, 0.3) is 0 Å². The second kappa shape index (κ2) is 5.36. The average molecular weight is 285 g/mol. The van der Waals surface area contributed by atoms with Crippen molar-refractivity contribution >= 4 is 21.4 Å². The molecular weight excluding hydrogens is 266 g/mol. The van der Waals surface area contributed by atoms with E-state index < -0.39 is 10.0 Å².